The monoisotopic (exact) mass is 491 g/mol. The van der Waals surface area contributed by atoms with Crippen LogP contribution in [0.15, 0.2) is 45.9 Å². The van der Waals surface area contributed by atoms with Gasteiger partial charge in [-0.3, -0.25) is 9.59 Å². The Hall–Kier alpha value is -2.89. The number of morpholine rings is 1. The second kappa shape index (κ2) is 10.6. The van der Waals surface area contributed by atoms with E-state index < -0.39 is 10.0 Å². The van der Waals surface area contributed by atoms with Crippen LogP contribution >= 0.6 is 0 Å². The van der Waals surface area contributed by atoms with Crippen LogP contribution in [0.1, 0.15) is 29.0 Å². The van der Waals surface area contributed by atoms with Crippen LogP contribution in [0.2, 0.25) is 0 Å². The highest BCUT2D eigenvalue weighted by Crippen LogP contribution is 2.29. The first-order valence-electron chi connectivity index (χ1n) is 11.3. The van der Waals surface area contributed by atoms with Gasteiger partial charge in [-0.2, -0.15) is 4.31 Å². The third kappa shape index (κ3) is 5.26. The van der Waals surface area contributed by atoms with Gasteiger partial charge in [-0.25, -0.2) is 8.42 Å². The molecule has 2 saturated heterocycles. The number of nitrogens with zero attached hydrogens (tertiary/aromatic N) is 2. The summed E-state index contributed by atoms with van der Waals surface area (Å²) >= 11 is 0. The normalized spacial score (nSPS) is 18.0. The van der Waals surface area contributed by atoms with E-state index in [1.165, 1.54) is 23.5 Å². The number of amides is 2. The topological polar surface area (TPSA) is 118 Å². The van der Waals surface area contributed by atoms with E-state index in [-0.39, 0.29) is 47.0 Å². The highest BCUT2D eigenvalue weighted by molar-refractivity contribution is 7.89. The number of hydrogen-bond acceptors (Lipinski definition) is 7. The van der Waals surface area contributed by atoms with Crippen molar-refractivity contribution in [1.82, 2.24) is 14.5 Å². The molecule has 0 saturated carbocycles. The molecule has 2 aliphatic rings. The van der Waals surface area contributed by atoms with Crippen molar-refractivity contribution in [2.75, 3.05) is 46.5 Å². The lowest BCUT2D eigenvalue weighted by Gasteiger charge is -2.31. The first kappa shape index (κ1) is 24.2. The van der Waals surface area contributed by atoms with Gasteiger partial charge in [0.25, 0.3) is 5.91 Å². The minimum absolute atomic E-state index is 0.0325. The number of benzene rings is 1. The van der Waals surface area contributed by atoms with Gasteiger partial charge < -0.3 is 24.1 Å². The molecular weight excluding hydrogens is 462 g/mol. The average Bonchev–Trinajstić information content (AvgIpc) is 3.41. The minimum atomic E-state index is -3.84. The number of nitrogens with one attached hydrogen (secondary N) is 1. The Balaban J connectivity index is 1.41. The third-order valence-electron chi connectivity index (χ3n) is 6.17. The number of piperidine rings is 1. The van der Waals surface area contributed by atoms with Gasteiger partial charge in [-0.15, -0.1) is 0 Å². The van der Waals surface area contributed by atoms with E-state index in [0.717, 1.165) is 0 Å². The molecule has 0 atom stereocenters. The molecule has 0 aliphatic carbocycles. The third-order valence-corrected chi connectivity index (χ3v) is 8.09. The maximum absolute atomic E-state index is 13.2. The van der Waals surface area contributed by atoms with E-state index >= 15 is 0 Å². The molecule has 10 nitrogen and oxygen atoms in total. The summed E-state index contributed by atoms with van der Waals surface area (Å²) in [5.41, 5.74) is 0.272. The average molecular weight is 492 g/mol. The smallest absolute Gasteiger partial charge is 0.253 e. The standard InChI is InChI=1S/C23H29N3O7S/c1-31-20-5-4-18(15-21(20)34(29,30)26-10-13-32-14-11-26)23(28)25-8-6-17(7-9-25)22(27)24-16-19-3-2-12-33-19/h2-5,12,15,17H,6-11,13-14,16H2,1H3,(H,24,27). The molecule has 184 valence electrons. The lowest BCUT2D eigenvalue weighted by atomic mass is 9.95. The summed E-state index contributed by atoms with van der Waals surface area (Å²) < 4.78 is 43.5. The SMILES string of the molecule is COc1ccc(C(=O)N2CCC(C(=O)NCc3ccco3)CC2)cc1S(=O)(=O)N1CCOCC1. The van der Waals surface area contributed by atoms with Crippen LogP contribution < -0.4 is 10.1 Å². The van der Waals surface area contributed by atoms with Crippen LogP contribution in [0.5, 0.6) is 5.75 Å². The molecule has 34 heavy (non-hydrogen) atoms. The van der Waals surface area contributed by atoms with Gasteiger partial charge >= 0.3 is 0 Å². The van der Waals surface area contributed by atoms with Gasteiger partial charge in [-0.05, 0) is 43.2 Å². The van der Waals surface area contributed by atoms with Gasteiger partial charge in [0.2, 0.25) is 15.9 Å². The molecule has 0 spiro atoms. The molecule has 2 aliphatic heterocycles. The number of furan rings is 1. The molecule has 3 heterocycles. The first-order chi connectivity index (χ1) is 16.4. The maximum atomic E-state index is 13.2. The summed E-state index contributed by atoms with van der Waals surface area (Å²) in [6.07, 6.45) is 2.62. The summed E-state index contributed by atoms with van der Waals surface area (Å²) in [5.74, 6) is 0.354. The Kier molecular flexibility index (Phi) is 7.54. The van der Waals surface area contributed by atoms with Crippen molar-refractivity contribution >= 4 is 21.8 Å². The summed E-state index contributed by atoms with van der Waals surface area (Å²) in [6.45, 7) is 2.30. The summed E-state index contributed by atoms with van der Waals surface area (Å²) in [5, 5.41) is 2.87. The Morgan fingerprint density at radius 1 is 1.12 bits per heavy atom. The fraction of sp³-hybridized carbons (Fsp3) is 0.478. The van der Waals surface area contributed by atoms with Crippen LogP contribution in [-0.2, 0) is 26.1 Å². The van der Waals surface area contributed by atoms with E-state index in [2.05, 4.69) is 5.32 Å². The van der Waals surface area contributed by atoms with E-state index in [9.17, 15) is 18.0 Å². The lowest BCUT2D eigenvalue weighted by molar-refractivity contribution is -0.126. The van der Waals surface area contributed by atoms with Crippen molar-refractivity contribution < 1.29 is 31.9 Å². The summed E-state index contributed by atoms with van der Waals surface area (Å²) in [4.78, 5) is 27.2. The number of carbonyl (C=O) groups is 2. The Morgan fingerprint density at radius 3 is 2.50 bits per heavy atom. The van der Waals surface area contributed by atoms with Gasteiger partial charge in [0.15, 0.2) is 0 Å². The van der Waals surface area contributed by atoms with Crippen molar-refractivity contribution in [3.8, 4) is 5.75 Å². The predicted molar refractivity (Wildman–Crippen MR) is 122 cm³/mol. The zero-order valence-electron chi connectivity index (χ0n) is 19.1. The fourth-order valence-electron chi connectivity index (χ4n) is 4.20. The summed E-state index contributed by atoms with van der Waals surface area (Å²) in [6, 6.07) is 8.03. The van der Waals surface area contributed by atoms with Crippen molar-refractivity contribution in [2.45, 2.75) is 24.3 Å². The molecule has 0 radical (unpaired) electrons. The van der Waals surface area contributed by atoms with Crippen LogP contribution in [0.4, 0.5) is 0 Å². The summed E-state index contributed by atoms with van der Waals surface area (Å²) in [7, 11) is -2.44. The fourth-order valence-corrected chi connectivity index (χ4v) is 5.79. The zero-order valence-corrected chi connectivity index (χ0v) is 19.9. The lowest BCUT2D eigenvalue weighted by Crippen LogP contribution is -2.43. The molecule has 2 amide bonds. The number of carbonyl (C=O) groups excluding carboxylic acids is 2. The largest absolute Gasteiger partial charge is 0.495 e. The zero-order chi connectivity index (χ0) is 24.1. The number of rotatable bonds is 7. The number of methoxy groups -OCH3 is 1. The second-order valence-corrected chi connectivity index (χ2v) is 10.2. The van der Waals surface area contributed by atoms with Gasteiger partial charge in [0.05, 0.1) is 33.1 Å². The molecular formula is C23H29N3O7S. The molecule has 2 aromatic rings. The molecule has 1 aromatic carbocycles. The van der Waals surface area contributed by atoms with Gasteiger partial charge in [0.1, 0.15) is 16.4 Å². The van der Waals surface area contributed by atoms with Crippen LogP contribution in [0.3, 0.4) is 0 Å². The number of hydrogen-bond donors (Lipinski definition) is 1. The highest BCUT2D eigenvalue weighted by Gasteiger charge is 2.32. The number of likely N-dealkylation sites (tertiary alicyclic amines) is 1. The minimum Gasteiger partial charge on any atom is -0.495 e. The predicted octanol–water partition coefficient (Wildman–Crippen LogP) is 1.48. The van der Waals surface area contributed by atoms with Crippen molar-refractivity contribution in [3.05, 3.63) is 47.9 Å². The molecule has 4 rings (SSSR count). The molecule has 2 fully saturated rings. The van der Waals surface area contributed by atoms with Crippen LogP contribution in [0.25, 0.3) is 0 Å². The second-order valence-electron chi connectivity index (χ2n) is 8.25. The molecule has 1 aromatic heterocycles. The maximum Gasteiger partial charge on any atom is 0.253 e. The van der Waals surface area contributed by atoms with Crippen LogP contribution in [0, 0.1) is 5.92 Å². The van der Waals surface area contributed by atoms with E-state index in [1.807, 2.05) is 0 Å². The van der Waals surface area contributed by atoms with E-state index in [0.29, 0.717) is 51.4 Å². The van der Waals surface area contributed by atoms with Gasteiger partial charge in [0, 0.05) is 37.7 Å². The van der Waals surface area contributed by atoms with Gasteiger partial charge in [-0.1, -0.05) is 0 Å². The number of sulfonamides is 1. The highest BCUT2D eigenvalue weighted by atomic mass is 32.2. The van der Waals surface area contributed by atoms with Crippen molar-refractivity contribution in [1.29, 1.82) is 0 Å². The first-order valence-corrected chi connectivity index (χ1v) is 12.7. The molecule has 0 bridgehead atoms. The van der Waals surface area contributed by atoms with Crippen molar-refractivity contribution in [2.24, 2.45) is 5.92 Å². The van der Waals surface area contributed by atoms with E-state index in [4.69, 9.17) is 13.9 Å². The Bertz CT molecular complexity index is 1100. The number of ether oxygens (including phenoxy) is 2. The molecule has 11 heteroatoms. The quantitative estimate of drug-likeness (QED) is 0.623. The van der Waals surface area contributed by atoms with Crippen molar-refractivity contribution in [3.63, 3.8) is 0 Å². The molecule has 0 unspecified atom stereocenters. The molecule has 1 N–H and O–H groups in total. The van der Waals surface area contributed by atoms with E-state index in [1.54, 1.807) is 29.4 Å². The Morgan fingerprint density at radius 2 is 1.85 bits per heavy atom. The van der Waals surface area contributed by atoms with Crippen LogP contribution in [-0.4, -0.2) is 75.9 Å². The Labute approximate surface area is 198 Å².